The van der Waals surface area contributed by atoms with E-state index < -0.39 is 0 Å². The minimum Gasteiger partial charge on any atom is -0.497 e. The number of amides is 1. The van der Waals surface area contributed by atoms with E-state index in [9.17, 15) is 9.18 Å². The number of benzene rings is 2. The van der Waals surface area contributed by atoms with E-state index in [0.29, 0.717) is 6.04 Å². The van der Waals surface area contributed by atoms with Gasteiger partial charge in [0.05, 0.1) is 19.1 Å². The minimum absolute atomic E-state index is 0.0761. The predicted molar refractivity (Wildman–Crippen MR) is 111 cm³/mol. The summed E-state index contributed by atoms with van der Waals surface area (Å²) >= 11 is 0. The molecule has 0 radical (unpaired) electrons. The molecule has 1 N–H and O–H groups in total. The molecule has 1 aliphatic carbocycles. The lowest BCUT2D eigenvalue weighted by atomic mass is 9.83. The molecule has 2 aromatic carbocycles. The zero-order chi connectivity index (χ0) is 20.0. The highest BCUT2D eigenvalue weighted by atomic mass is 19.1. The fourth-order valence-corrected chi connectivity index (χ4v) is 4.63. The zero-order valence-electron chi connectivity index (χ0n) is 16.6. The summed E-state index contributed by atoms with van der Waals surface area (Å²) in [4.78, 5) is 17.7. The molecule has 2 heterocycles. The highest BCUT2D eigenvalue weighted by Crippen LogP contribution is 2.39. The van der Waals surface area contributed by atoms with Crippen LogP contribution in [0.5, 0.6) is 5.75 Å². The molecule has 1 amide bonds. The van der Waals surface area contributed by atoms with Crippen molar-refractivity contribution >= 4 is 17.3 Å². The molecular weight excluding hydrogens is 369 g/mol. The molecule has 3 aliphatic rings. The summed E-state index contributed by atoms with van der Waals surface area (Å²) in [7, 11) is 1.68. The SMILES string of the molecule is COc1ccc2c(c1)N1CCN(c3ccc(F)cc3)C[C@H]1[C@H](C(=O)NC1CC1)C2. The van der Waals surface area contributed by atoms with Crippen LogP contribution in [-0.2, 0) is 11.2 Å². The lowest BCUT2D eigenvalue weighted by Gasteiger charge is -2.49. The Morgan fingerprint density at radius 3 is 2.66 bits per heavy atom. The number of halogens is 1. The maximum absolute atomic E-state index is 13.4. The van der Waals surface area contributed by atoms with E-state index in [2.05, 4.69) is 27.2 Å². The van der Waals surface area contributed by atoms with Gasteiger partial charge < -0.3 is 19.9 Å². The first kappa shape index (κ1) is 18.3. The van der Waals surface area contributed by atoms with Gasteiger partial charge in [-0.15, -0.1) is 0 Å². The number of piperazine rings is 1. The number of nitrogens with one attached hydrogen (secondary N) is 1. The Morgan fingerprint density at radius 2 is 1.93 bits per heavy atom. The van der Waals surface area contributed by atoms with E-state index in [1.54, 1.807) is 7.11 Å². The van der Waals surface area contributed by atoms with Gasteiger partial charge in [0.15, 0.2) is 0 Å². The summed E-state index contributed by atoms with van der Waals surface area (Å²) in [6, 6.07) is 13.2. The van der Waals surface area contributed by atoms with Crippen LogP contribution >= 0.6 is 0 Å². The van der Waals surface area contributed by atoms with Crippen LogP contribution in [0.15, 0.2) is 42.5 Å². The Kier molecular flexibility index (Phi) is 4.57. The molecule has 2 aliphatic heterocycles. The Hall–Kier alpha value is -2.76. The largest absolute Gasteiger partial charge is 0.497 e. The van der Waals surface area contributed by atoms with Gasteiger partial charge in [0, 0.05) is 43.1 Å². The van der Waals surface area contributed by atoms with Crippen LogP contribution in [0, 0.1) is 11.7 Å². The summed E-state index contributed by atoms with van der Waals surface area (Å²) in [5.74, 6) is 0.668. The minimum atomic E-state index is -0.229. The summed E-state index contributed by atoms with van der Waals surface area (Å²) < 4.78 is 18.8. The number of hydrogen-bond donors (Lipinski definition) is 1. The van der Waals surface area contributed by atoms with Gasteiger partial charge >= 0.3 is 0 Å². The molecule has 0 unspecified atom stereocenters. The molecule has 0 aromatic heterocycles. The van der Waals surface area contributed by atoms with Gasteiger partial charge in [-0.05, 0) is 55.2 Å². The van der Waals surface area contributed by atoms with Crippen molar-refractivity contribution in [1.82, 2.24) is 5.32 Å². The van der Waals surface area contributed by atoms with Crippen LogP contribution in [0.2, 0.25) is 0 Å². The van der Waals surface area contributed by atoms with Gasteiger partial charge in [0.25, 0.3) is 0 Å². The molecule has 1 saturated carbocycles. The molecule has 5 rings (SSSR count). The molecule has 0 bridgehead atoms. The molecule has 5 nitrogen and oxygen atoms in total. The summed E-state index contributed by atoms with van der Waals surface area (Å²) in [6.45, 7) is 2.39. The van der Waals surface area contributed by atoms with Crippen molar-refractivity contribution in [1.29, 1.82) is 0 Å². The monoisotopic (exact) mass is 395 g/mol. The second-order valence-electron chi connectivity index (χ2n) is 8.27. The smallest absolute Gasteiger partial charge is 0.225 e. The van der Waals surface area contributed by atoms with Gasteiger partial charge in [-0.2, -0.15) is 0 Å². The van der Waals surface area contributed by atoms with Crippen LogP contribution < -0.4 is 19.9 Å². The van der Waals surface area contributed by atoms with Crippen LogP contribution in [0.25, 0.3) is 0 Å². The second kappa shape index (κ2) is 7.25. The van der Waals surface area contributed by atoms with Gasteiger partial charge in [0.2, 0.25) is 5.91 Å². The fourth-order valence-electron chi connectivity index (χ4n) is 4.63. The Bertz CT molecular complexity index is 913. The average molecular weight is 395 g/mol. The van der Waals surface area contributed by atoms with Gasteiger partial charge in [-0.25, -0.2) is 4.39 Å². The molecular formula is C23H26FN3O2. The lowest BCUT2D eigenvalue weighted by Crippen LogP contribution is -2.61. The number of rotatable bonds is 4. The number of carbonyl (C=O) groups excluding carboxylic acids is 1. The number of methoxy groups -OCH3 is 1. The van der Waals surface area contributed by atoms with Crippen molar-refractivity contribution in [3.05, 3.63) is 53.8 Å². The van der Waals surface area contributed by atoms with E-state index in [1.807, 2.05) is 18.2 Å². The molecule has 2 aromatic rings. The first-order valence-corrected chi connectivity index (χ1v) is 10.4. The number of anilines is 2. The van der Waals surface area contributed by atoms with E-state index >= 15 is 0 Å². The molecule has 152 valence electrons. The Morgan fingerprint density at radius 1 is 1.14 bits per heavy atom. The van der Waals surface area contributed by atoms with Gasteiger partial charge in [-0.1, -0.05) is 6.07 Å². The first-order chi connectivity index (χ1) is 14.1. The number of ether oxygens (including phenoxy) is 1. The van der Waals surface area contributed by atoms with Gasteiger partial charge in [0.1, 0.15) is 11.6 Å². The molecule has 2 atom stereocenters. The third-order valence-corrected chi connectivity index (χ3v) is 6.38. The van der Waals surface area contributed by atoms with Crippen LogP contribution in [0.1, 0.15) is 18.4 Å². The van der Waals surface area contributed by atoms with Gasteiger partial charge in [-0.3, -0.25) is 4.79 Å². The number of fused-ring (bicyclic) bond motifs is 3. The number of carbonyl (C=O) groups is 1. The Labute approximate surface area is 170 Å². The average Bonchev–Trinajstić information content (AvgIpc) is 3.56. The van der Waals surface area contributed by atoms with Crippen molar-refractivity contribution in [2.45, 2.75) is 31.3 Å². The first-order valence-electron chi connectivity index (χ1n) is 10.4. The predicted octanol–water partition coefficient (Wildman–Crippen LogP) is 2.98. The summed E-state index contributed by atoms with van der Waals surface area (Å²) in [5, 5.41) is 3.21. The maximum Gasteiger partial charge on any atom is 0.225 e. The summed E-state index contributed by atoms with van der Waals surface area (Å²) in [6.07, 6.45) is 2.90. The fraction of sp³-hybridized carbons (Fsp3) is 0.435. The lowest BCUT2D eigenvalue weighted by molar-refractivity contribution is -0.126. The molecule has 29 heavy (non-hydrogen) atoms. The molecule has 1 saturated heterocycles. The summed E-state index contributed by atoms with van der Waals surface area (Å²) in [5.41, 5.74) is 3.38. The van der Waals surface area contributed by atoms with Crippen LogP contribution in [0.4, 0.5) is 15.8 Å². The standard InChI is InChI=1S/C23H26FN3O2/c1-29-19-9-2-15-12-20(23(28)25-17-5-6-17)22-14-26(10-11-27(22)21(15)13-19)18-7-3-16(24)4-8-18/h2-4,7-9,13,17,20,22H,5-6,10-12,14H2,1H3,(H,25,28)/t20-,22+/m1/s1. The number of nitrogens with zero attached hydrogens (tertiary/aromatic N) is 2. The van der Waals surface area contributed by atoms with E-state index in [-0.39, 0.29) is 23.7 Å². The second-order valence-corrected chi connectivity index (χ2v) is 8.27. The van der Waals surface area contributed by atoms with Crippen molar-refractivity contribution < 1.29 is 13.9 Å². The van der Waals surface area contributed by atoms with Crippen molar-refractivity contribution in [3.8, 4) is 5.75 Å². The molecule has 0 spiro atoms. The zero-order valence-corrected chi connectivity index (χ0v) is 16.6. The van der Waals surface area contributed by atoms with E-state index in [4.69, 9.17) is 4.74 Å². The normalized spacial score (nSPS) is 23.2. The molecule has 2 fully saturated rings. The van der Waals surface area contributed by atoms with Crippen molar-refractivity contribution in [2.24, 2.45) is 5.92 Å². The van der Waals surface area contributed by atoms with Crippen LogP contribution in [-0.4, -0.2) is 44.7 Å². The molecule has 6 heteroatoms. The van der Waals surface area contributed by atoms with E-state index in [0.717, 1.165) is 50.3 Å². The van der Waals surface area contributed by atoms with Crippen molar-refractivity contribution in [2.75, 3.05) is 36.5 Å². The third-order valence-electron chi connectivity index (χ3n) is 6.38. The third kappa shape index (κ3) is 3.52. The highest BCUT2D eigenvalue weighted by molar-refractivity contribution is 5.83. The van der Waals surface area contributed by atoms with E-state index in [1.165, 1.54) is 23.4 Å². The van der Waals surface area contributed by atoms with Crippen LogP contribution in [0.3, 0.4) is 0 Å². The van der Waals surface area contributed by atoms with Crippen molar-refractivity contribution in [3.63, 3.8) is 0 Å². The maximum atomic E-state index is 13.4. The quantitative estimate of drug-likeness (QED) is 0.865. The Balaban J connectivity index is 1.46. The highest BCUT2D eigenvalue weighted by Gasteiger charge is 2.42. The number of hydrogen-bond acceptors (Lipinski definition) is 4. The topological polar surface area (TPSA) is 44.8 Å².